The predicted octanol–water partition coefficient (Wildman–Crippen LogP) is 4.75. The minimum atomic E-state index is -1.51. The van der Waals surface area contributed by atoms with E-state index in [0.29, 0.717) is 58.4 Å². The normalized spacial score (nSPS) is 28.8. The number of nitrogens with zero attached hydrogens (tertiary/aromatic N) is 1. The van der Waals surface area contributed by atoms with Crippen molar-refractivity contribution < 1.29 is 19.1 Å². The topological polar surface area (TPSA) is 87.7 Å². The molecule has 8 heteroatoms. The van der Waals surface area contributed by atoms with Gasteiger partial charge in [0.05, 0.1) is 28.8 Å². The number of carbonyl (C=O) groups is 3. The van der Waals surface area contributed by atoms with E-state index in [-0.39, 0.29) is 23.6 Å². The van der Waals surface area contributed by atoms with Crippen LogP contribution in [0.5, 0.6) is 5.75 Å². The highest BCUT2D eigenvalue weighted by Crippen LogP contribution is 2.68. The Morgan fingerprint density at radius 2 is 1.76 bits per heavy atom. The van der Waals surface area contributed by atoms with Crippen LogP contribution >= 0.6 is 11.6 Å². The third-order valence-corrected chi connectivity index (χ3v) is 9.13. The molecule has 0 unspecified atom stereocenters. The van der Waals surface area contributed by atoms with Crippen LogP contribution in [-0.2, 0) is 20.5 Å². The van der Waals surface area contributed by atoms with E-state index in [1.165, 1.54) is 0 Å². The summed E-state index contributed by atoms with van der Waals surface area (Å²) in [6.45, 7) is 2.85. The van der Waals surface area contributed by atoms with Crippen LogP contribution in [0.4, 0.5) is 11.4 Å². The Hall–Kier alpha value is -3.68. The van der Waals surface area contributed by atoms with Gasteiger partial charge in [0.25, 0.3) is 5.91 Å². The zero-order valence-corrected chi connectivity index (χ0v) is 21.5. The number of anilines is 2. The number of para-hydroxylation sites is 3. The molecule has 2 saturated heterocycles. The average molecular weight is 528 g/mol. The number of ether oxygens (including phenoxy) is 1. The van der Waals surface area contributed by atoms with E-state index in [1.807, 2.05) is 43.3 Å². The lowest BCUT2D eigenvalue weighted by atomic mass is 9.57. The third kappa shape index (κ3) is 2.60. The second-order valence-corrected chi connectivity index (χ2v) is 10.7. The lowest BCUT2D eigenvalue weighted by molar-refractivity contribution is -0.137. The van der Waals surface area contributed by atoms with Crippen molar-refractivity contribution in [2.45, 2.75) is 36.8 Å². The monoisotopic (exact) mass is 527 g/mol. The molecule has 0 saturated carbocycles. The maximum atomic E-state index is 14.8. The molecule has 4 heterocycles. The summed E-state index contributed by atoms with van der Waals surface area (Å²) < 4.78 is 5.85. The van der Waals surface area contributed by atoms with Crippen molar-refractivity contribution in [1.29, 1.82) is 0 Å². The van der Waals surface area contributed by atoms with Crippen molar-refractivity contribution in [3.63, 3.8) is 0 Å². The van der Waals surface area contributed by atoms with Crippen LogP contribution in [0.1, 0.15) is 41.3 Å². The molecule has 4 aliphatic rings. The number of hydrogen-bond donors (Lipinski definition) is 2. The largest absolute Gasteiger partial charge is 0.493 e. The molecule has 2 fully saturated rings. The number of nitrogens with one attached hydrogen (secondary N) is 2. The van der Waals surface area contributed by atoms with Crippen molar-refractivity contribution in [3.8, 4) is 5.75 Å². The number of amides is 2. The smallest absolute Gasteiger partial charge is 0.251 e. The Balaban J connectivity index is 1.58. The van der Waals surface area contributed by atoms with Crippen molar-refractivity contribution >= 4 is 40.6 Å². The number of carbonyl (C=O) groups excluding carboxylic acids is 3. The number of rotatable bonds is 4. The molecule has 2 amide bonds. The standard InChI is InChI=1S/C30H26ClN3O4/c1-2-38-23-15-6-3-9-17(23)26(35)24-22-14-8-16-34(22)30(19-11-7-12-20(31)25(19)33-28(30)37)29(24)18-10-4-5-13-21(18)32-27(29)36/h3-7,9-13,15,22,24H,2,8,14,16H2,1H3,(H,32,36)(H,33,37)/t22-,24-,29+,30+/m1/s1. The summed E-state index contributed by atoms with van der Waals surface area (Å²) >= 11 is 6.60. The molecule has 3 aromatic carbocycles. The van der Waals surface area contributed by atoms with Gasteiger partial charge in [-0.2, -0.15) is 0 Å². The SMILES string of the molecule is CCOc1ccccc1C(=O)[C@H]1[C@H]2CCCN2[C@@]2(C(=O)Nc3c(Cl)cccc32)[C@]12C(=O)Nc1ccccc12. The van der Waals surface area contributed by atoms with E-state index in [1.54, 1.807) is 30.3 Å². The molecule has 192 valence electrons. The Labute approximate surface area is 225 Å². The molecular formula is C30H26ClN3O4. The first kappa shape index (κ1) is 23.4. The second-order valence-electron chi connectivity index (χ2n) is 10.3. The lowest BCUT2D eigenvalue weighted by Crippen LogP contribution is -2.62. The van der Waals surface area contributed by atoms with Crippen molar-refractivity contribution in [2.75, 3.05) is 23.8 Å². The van der Waals surface area contributed by atoms with E-state index in [4.69, 9.17) is 16.3 Å². The van der Waals surface area contributed by atoms with E-state index in [0.717, 1.165) is 6.42 Å². The van der Waals surface area contributed by atoms with Gasteiger partial charge in [0.15, 0.2) is 5.78 Å². The Kier molecular flexibility index (Phi) is 5.03. The van der Waals surface area contributed by atoms with Crippen LogP contribution in [0.25, 0.3) is 0 Å². The van der Waals surface area contributed by atoms with E-state index in [2.05, 4.69) is 15.5 Å². The minimum absolute atomic E-state index is 0.196. The summed E-state index contributed by atoms with van der Waals surface area (Å²) in [7, 11) is 0. The summed E-state index contributed by atoms with van der Waals surface area (Å²) in [4.78, 5) is 45.8. The van der Waals surface area contributed by atoms with Crippen LogP contribution < -0.4 is 15.4 Å². The highest BCUT2D eigenvalue weighted by atomic mass is 35.5. The molecule has 0 bridgehead atoms. The molecule has 0 aromatic heterocycles. The number of ketones is 1. The van der Waals surface area contributed by atoms with Gasteiger partial charge in [-0.15, -0.1) is 0 Å². The Morgan fingerprint density at radius 1 is 1.00 bits per heavy atom. The van der Waals surface area contributed by atoms with Gasteiger partial charge in [-0.25, -0.2) is 0 Å². The fourth-order valence-electron chi connectivity index (χ4n) is 7.69. The fraction of sp³-hybridized carbons (Fsp3) is 0.300. The van der Waals surface area contributed by atoms with Gasteiger partial charge in [-0.05, 0) is 56.1 Å². The zero-order valence-electron chi connectivity index (χ0n) is 20.8. The highest BCUT2D eigenvalue weighted by molar-refractivity contribution is 6.35. The summed E-state index contributed by atoms with van der Waals surface area (Å²) in [6, 6.07) is 19.7. The van der Waals surface area contributed by atoms with Gasteiger partial charge in [0.2, 0.25) is 5.91 Å². The molecule has 4 aliphatic heterocycles. The zero-order chi connectivity index (χ0) is 26.2. The third-order valence-electron chi connectivity index (χ3n) is 8.82. The summed E-state index contributed by atoms with van der Waals surface area (Å²) in [5.74, 6) is -1.22. The first-order valence-electron chi connectivity index (χ1n) is 13.0. The van der Waals surface area contributed by atoms with Crippen molar-refractivity contribution in [2.24, 2.45) is 5.92 Å². The van der Waals surface area contributed by atoms with Crippen molar-refractivity contribution in [3.05, 3.63) is 88.4 Å². The van der Waals surface area contributed by atoms with Crippen LogP contribution in [0, 0.1) is 5.92 Å². The number of Topliss-reactive ketones (excluding diaryl/α,β-unsaturated/α-hetero) is 1. The highest BCUT2D eigenvalue weighted by Gasteiger charge is 2.81. The number of halogens is 1. The Bertz CT molecular complexity index is 1540. The first-order valence-corrected chi connectivity index (χ1v) is 13.4. The fourth-order valence-corrected chi connectivity index (χ4v) is 7.91. The first-order chi connectivity index (χ1) is 18.5. The van der Waals surface area contributed by atoms with Gasteiger partial charge in [-0.3, -0.25) is 19.3 Å². The molecule has 2 N–H and O–H groups in total. The maximum absolute atomic E-state index is 14.8. The molecule has 0 aliphatic carbocycles. The van der Waals surface area contributed by atoms with Crippen LogP contribution in [0.3, 0.4) is 0 Å². The quantitative estimate of drug-likeness (QED) is 0.478. The van der Waals surface area contributed by atoms with Gasteiger partial charge in [0, 0.05) is 17.3 Å². The van der Waals surface area contributed by atoms with Gasteiger partial charge < -0.3 is 15.4 Å². The van der Waals surface area contributed by atoms with Crippen LogP contribution in [0.15, 0.2) is 66.7 Å². The molecule has 4 atom stereocenters. The summed E-state index contributed by atoms with van der Waals surface area (Å²) in [6.07, 6.45) is 1.50. The second kappa shape index (κ2) is 8.16. The van der Waals surface area contributed by atoms with Crippen LogP contribution in [-0.4, -0.2) is 41.7 Å². The lowest BCUT2D eigenvalue weighted by Gasteiger charge is -2.43. The van der Waals surface area contributed by atoms with E-state index < -0.39 is 16.9 Å². The number of fused-ring (bicyclic) bond motifs is 7. The number of benzene rings is 3. The Morgan fingerprint density at radius 3 is 2.61 bits per heavy atom. The van der Waals surface area contributed by atoms with E-state index in [9.17, 15) is 14.4 Å². The summed E-state index contributed by atoms with van der Waals surface area (Å²) in [5.41, 5.74) is -0.0976. The molecule has 2 spiro atoms. The predicted molar refractivity (Wildman–Crippen MR) is 144 cm³/mol. The molecule has 0 radical (unpaired) electrons. The maximum Gasteiger partial charge on any atom is 0.251 e. The van der Waals surface area contributed by atoms with Gasteiger partial charge in [0.1, 0.15) is 16.7 Å². The molecule has 38 heavy (non-hydrogen) atoms. The number of hydrogen-bond acceptors (Lipinski definition) is 5. The molecule has 7 nitrogen and oxygen atoms in total. The molecule has 7 rings (SSSR count). The van der Waals surface area contributed by atoms with Gasteiger partial charge >= 0.3 is 0 Å². The van der Waals surface area contributed by atoms with E-state index >= 15 is 0 Å². The van der Waals surface area contributed by atoms with Crippen molar-refractivity contribution in [1.82, 2.24) is 4.90 Å². The molecular weight excluding hydrogens is 502 g/mol. The molecule has 3 aromatic rings. The van der Waals surface area contributed by atoms with Gasteiger partial charge in [-0.1, -0.05) is 54.1 Å². The average Bonchev–Trinajstić information content (AvgIpc) is 3.64. The summed E-state index contributed by atoms with van der Waals surface area (Å²) in [5, 5.41) is 6.47. The van der Waals surface area contributed by atoms with Crippen LogP contribution in [0.2, 0.25) is 5.02 Å². The minimum Gasteiger partial charge on any atom is -0.493 e.